The van der Waals surface area contributed by atoms with E-state index in [1.54, 1.807) is 0 Å². The zero-order valence-electron chi connectivity index (χ0n) is 14.7. The smallest absolute Gasteiger partial charge is 0.384 e. The van der Waals surface area contributed by atoms with Gasteiger partial charge in [-0.15, -0.1) is 6.58 Å². The van der Waals surface area contributed by atoms with Crippen LogP contribution in [0.1, 0.15) is 27.9 Å². The third-order valence-corrected chi connectivity index (χ3v) is 6.12. The van der Waals surface area contributed by atoms with Crippen LogP contribution in [0.25, 0.3) is 0 Å². The molecular formula is C17H10F11IO2. The molecule has 174 valence electrons. The van der Waals surface area contributed by atoms with E-state index in [4.69, 9.17) is 5.11 Å². The Balaban J connectivity index is 2.99. The van der Waals surface area contributed by atoms with Gasteiger partial charge in [0.15, 0.2) is 0 Å². The first-order valence-electron chi connectivity index (χ1n) is 8.03. The number of aromatic carboxylic acids is 1. The summed E-state index contributed by atoms with van der Waals surface area (Å²) in [7, 11) is 0. The van der Waals surface area contributed by atoms with Crippen molar-refractivity contribution in [2.75, 3.05) is 0 Å². The summed E-state index contributed by atoms with van der Waals surface area (Å²) in [5.41, 5.74) is -9.91. The summed E-state index contributed by atoms with van der Waals surface area (Å²) in [5.74, 6) is -37.6. The maximum atomic E-state index is 15.3. The van der Waals surface area contributed by atoms with Crippen molar-refractivity contribution in [1.29, 1.82) is 0 Å². The van der Waals surface area contributed by atoms with Gasteiger partial charge in [-0.25, -0.2) is 9.18 Å². The van der Waals surface area contributed by atoms with Gasteiger partial charge in [0.05, 0.1) is 5.56 Å². The van der Waals surface area contributed by atoms with E-state index in [2.05, 4.69) is 6.58 Å². The fourth-order valence-corrected chi connectivity index (χ4v) is 4.25. The van der Waals surface area contributed by atoms with E-state index < -0.39 is 67.9 Å². The third kappa shape index (κ3) is 2.84. The molecule has 0 saturated heterocycles. The number of carbonyl (C=O) groups is 1. The van der Waals surface area contributed by atoms with Gasteiger partial charge in [0, 0.05) is 9.13 Å². The van der Waals surface area contributed by atoms with Gasteiger partial charge in [-0.1, -0.05) is 12.1 Å². The molecule has 1 aromatic carbocycles. The van der Waals surface area contributed by atoms with Gasteiger partial charge in [-0.3, -0.25) is 0 Å². The molecule has 0 radical (unpaired) electrons. The number of halogens is 12. The van der Waals surface area contributed by atoms with Crippen molar-refractivity contribution in [2.24, 2.45) is 0 Å². The quantitative estimate of drug-likeness (QED) is 0.246. The van der Waals surface area contributed by atoms with Crippen molar-refractivity contribution >= 4 is 28.6 Å². The number of allylic oxidation sites excluding steroid dienone is 1. The lowest BCUT2D eigenvalue weighted by Gasteiger charge is -2.52. The summed E-state index contributed by atoms with van der Waals surface area (Å²) >= 11 is 0.836. The zero-order chi connectivity index (χ0) is 24.4. The van der Waals surface area contributed by atoms with Crippen LogP contribution < -0.4 is 0 Å². The largest absolute Gasteiger partial charge is 0.478 e. The predicted octanol–water partition coefficient (Wildman–Crippen LogP) is 6.46. The molecule has 0 bridgehead atoms. The molecule has 0 heterocycles. The second-order valence-corrected chi connectivity index (χ2v) is 7.69. The maximum absolute atomic E-state index is 15.3. The van der Waals surface area contributed by atoms with Crippen LogP contribution in [0.3, 0.4) is 0 Å². The van der Waals surface area contributed by atoms with Crippen LogP contribution in [0.15, 0.2) is 24.8 Å². The first kappa shape index (κ1) is 25.6. The Bertz CT molecular complexity index is 897. The van der Waals surface area contributed by atoms with Crippen LogP contribution in [0, 0.1) is 3.57 Å². The minimum atomic E-state index is -7.32. The Kier molecular flexibility index (Phi) is 5.96. The summed E-state index contributed by atoms with van der Waals surface area (Å²) in [6.45, 7) is 3.26. The van der Waals surface area contributed by atoms with E-state index >= 15 is 4.39 Å². The van der Waals surface area contributed by atoms with E-state index in [0.717, 1.165) is 28.7 Å². The lowest BCUT2D eigenvalue weighted by atomic mass is 9.68. The maximum Gasteiger partial charge on any atom is 0.384 e. The van der Waals surface area contributed by atoms with Gasteiger partial charge in [0.25, 0.3) is 5.67 Å². The van der Waals surface area contributed by atoms with Crippen LogP contribution in [0.4, 0.5) is 48.3 Å². The number of rotatable bonds is 5. The van der Waals surface area contributed by atoms with Gasteiger partial charge < -0.3 is 5.11 Å². The molecule has 2 nitrogen and oxygen atoms in total. The molecule has 0 unspecified atom stereocenters. The number of alkyl halides is 11. The van der Waals surface area contributed by atoms with E-state index in [1.165, 1.54) is 0 Å². The third-order valence-electron chi connectivity index (χ3n) is 4.89. The molecule has 0 atom stereocenters. The highest BCUT2D eigenvalue weighted by Crippen LogP contribution is 2.72. The molecule has 1 aliphatic rings. The average Bonchev–Trinajstić information content (AvgIpc) is 2.64. The summed E-state index contributed by atoms with van der Waals surface area (Å²) in [5, 5.41) is 9.14. The SMILES string of the molecule is C=CCCc1c(C(=O)O)ccc(C2(F)C(F)(F)C(F)(F)C(F)(F)C(F)(F)C2(F)F)c1I. The number of carboxylic acids is 1. The van der Waals surface area contributed by atoms with Gasteiger partial charge in [-0.05, 0) is 47.1 Å². The molecule has 31 heavy (non-hydrogen) atoms. The summed E-state index contributed by atoms with van der Waals surface area (Å²) < 4.78 is 153. The van der Waals surface area contributed by atoms with Gasteiger partial charge in [-0.2, -0.15) is 43.9 Å². The Labute approximate surface area is 180 Å². The van der Waals surface area contributed by atoms with Crippen LogP contribution >= 0.6 is 22.6 Å². The van der Waals surface area contributed by atoms with Gasteiger partial charge >= 0.3 is 35.6 Å². The Morgan fingerprint density at radius 2 is 1.29 bits per heavy atom. The van der Waals surface area contributed by atoms with Crippen LogP contribution in [-0.4, -0.2) is 40.7 Å². The first-order valence-corrected chi connectivity index (χ1v) is 9.11. The molecule has 1 saturated carbocycles. The predicted molar refractivity (Wildman–Crippen MR) is 92.2 cm³/mol. The highest BCUT2D eigenvalue weighted by atomic mass is 127. The molecule has 1 fully saturated rings. The van der Waals surface area contributed by atoms with Crippen molar-refractivity contribution in [3.05, 3.63) is 45.0 Å². The molecule has 1 aliphatic carbocycles. The minimum Gasteiger partial charge on any atom is -0.478 e. The van der Waals surface area contributed by atoms with E-state index in [0.29, 0.717) is 0 Å². The lowest BCUT2D eigenvalue weighted by molar-refractivity contribution is -0.489. The second kappa shape index (κ2) is 7.20. The van der Waals surface area contributed by atoms with Gasteiger partial charge in [0.2, 0.25) is 0 Å². The Hall–Kier alpha value is -1.61. The van der Waals surface area contributed by atoms with Gasteiger partial charge in [0.1, 0.15) is 0 Å². The van der Waals surface area contributed by atoms with Crippen LogP contribution in [0.5, 0.6) is 0 Å². The summed E-state index contributed by atoms with van der Waals surface area (Å²) in [6, 6.07) is 0.120. The highest BCUT2D eigenvalue weighted by molar-refractivity contribution is 14.1. The standard InChI is InChI=1S/C17H10F11IO2/c1-2-3-4-7-8(11(30)31)5-6-9(10(7)29)12(18)13(19,20)15(23,24)17(27,28)16(25,26)14(12,21)22/h2,5-6H,1,3-4H2,(H,30,31). The summed E-state index contributed by atoms with van der Waals surface area (Å²) in [4.78, 5) is 11.3. The van der Waals surface area contributed by atoms with Crippen molar-refractivity contribution < 1.29 is 58.2 Å². The monoisotopic (exact) mass is 582 g/mol. The van der Waals surface area contributed by atoms with E-state index in [1.807, 2.05) is 0 Å². The Morgan fingerprint density at radius 3 is 1.68 bits per heavy atom. The fourth-order valence-electron chi connectivity index (χ4n) is 3.14. The molecule has 0 amide bonds. The van der Waals surface area contributed by atoms with Crippen molar-refractivity contribution in [2.45, 2.75) is 48.1 Å². The molecular weight excluding hydrogens is 572 g/mol. The molecule has 0 aliphatic heterocycles. The Morgan fingerprint density at radius 1 is 0.871 bits per heavy atom. The average molecular weight is 582 g/mol. The van der Waals surface area contributed by atoms with Crippen LogP contribution in [-0.2, 0) is 12.1 Å². The number of hydrogen-bond acceptors (Lipinski definition) is 1. The molecule has 1 N–H and O–H groups in total. The molecule has 0 spiro atoms. The number of hydrogen-bond donors (Lipinski definition) is 1. The fraction of sp³-hybridized carbons (Fsp3) is 0.471. The molecule has 0 aromatic heterocycles. The summed E-state index contributed by atoms with van der Waals surface area (Å²) in [6.07, 6.45) is 0.524. The lowest BCUT2D eigenvalue weighted by Crippen LogP contribution is -2.82. The van der Waals surface area contributed by atoms with E-state index in [-0.39, 0.29) is 18.6 Å². The zero-order valence-corrected chi connectivity index (χ0v) is 16.9. The second-order valence-electron chi connectivity index (χ2n) is 6.62. The normalized spacial score (nSPS) is 24.4. The molecule has 1 aromatic rings. The van der Waals surface area contributed by atoms with Crippen molar-refractivity contribution in [1.82, 2.24) is 0 Å². The molecule has 14 heteroatoms. The highest BCUT2D eigenvalue weighted by Gasteiger charge is 3.01. The van der Waals surface area contributed by atoms with Crippen molar-refractivity contribution in [3.63, 3.8) is 0 Å². The minimum absolute atomic E-state index is 0.139. The molecule has 2 rings (SSSR count). The number of carboxylic acid groups (broad SMARTS) is 1. The first-order chi connectivity index (χ1) is 13.8. The topological polar surface area (TPSA) is 37.3 Å². The van der Waals surface area contributed by atoms with E-state index in [9.17, 15) is 48.7 Å². The van der Waals surface area contributed by atoms with Crippen LogP contribution in [0.2, 0.25) is 0 Å². The van der Waals surface area contributed by atoms with Crippen molar-refractivity contribution in [3.8, 4) is 0 Å². The number of benzene rings is 1.